The van der Waals surface area contributed by atoms with Crippen LogP contribution in [-0.4, -0.2) is 59.1 Å². The molecule has 178 valence electrons. The first-order chi connectivity index (χ1) is 17.0. The predicted octanol–water partition coefficient (Wildman–Crippen LogP) is 3.61. The molecule has 2 amide bonds. The minimum Gasteiger partial charge on any atom is -0.463 e. The van der Waals surface area contributed by atoms with Crippen LogP contribution >= 0.6 is 0 Å². The molecule has 2 aromatic heterocycles. The number of para-hydroxylation sites is 2. The molecule has 8 nitrogen and oxygen atoms in total. The first-order valence-electron chi connectivity index (χ1n) is 11.4. The largest absolute Gasteiger partial charge is 0.463 e. The molecule has 0 atom stereocenters. The number of fused-ring (bicyclic) bond motifs is 2. The van der Waals surface area contributed by atoms with Crippen LogP contribution in [0.1, 0.15) is 18.1 Å². The number of nitrogens with one attached hydrogen (secondary N) is 1. The first kappa shape index (κ1) is 22.6. The fraction of sp³-hybridized carbons (Fsp3) is 0.222. The van der Waals surface area contributed by atoms with Gasteiger partial charge < -0.3 is 19.0 Å². The molecule has 1 aliphatic heterocycles. The molecule has 0 radical (unpaired) electrons. The second kappa shape index (κ2) is 9.23. The lowest BCUT2D eigenvalue weighted by molar-refractivity contribution is -0.142. The van der Waals surface area contributed by atoms with Gasteiger partial charge in [-0.2, -0.15) is 0 Å². The zero-order chi connectivity index (χ0) is 24.5. The van der Waals surface area contributed by atoms with E-state index in [1.54, 1.807) is 6.20 Å². The summed E-state index contributed by atoms with van der Waals surface area (Å²) in [4.78, 5) is 41.9. The molecule has 0 saturated carbocycles. The van der Waals surface area contributed by atoms with Crippen molar-refractivity contribution in [3.8, 4) is 0 Å². The van der Waals surface area contributed by atoms with E-state index in [-0.39, 0.29) is 24.4 Å². The van der Waals surface area contributed by atoms with Crippen molar-refractivity contribution in [2.24, 2.45) is 0 Å². The quantitative estimate of drug-likeness (QED) is 0.241. The van der Waals surface area contributed by atoms with Gasteiger partial charge >= 0.3 is 5.97 Å². The van der Waals surface area contributed by atoms with Crippen molar-refractivity contribution in [3.05, 3.63) is 72.1 Å². The van der Waals surface area contributed by atoms with Crippen LogP contribution in [-0.2, 0) is 30.4 Å². The van der Waals surface area contributed by atoms with E-state index >= 15 is 0 Å². The number of carbonyl (C=O) groups excluding carboxylic acids is 3. The summed E-state index contributed by atoms with van der Waals surface area (Å²) in [5.74, 6) is -0.981. The summed E-state index contributed by atoms with van der Waals surface area (Å²) in [6.07, 6.45) is 3.70. The fourth-order valence-electron chi connectivity index (χ4n) is 4.56. The van der Waals surface area contributed by atoms with Crippen LogP contribution in [0.3, 0.4) is 0 Å². The van der Waals surface area contributed by atoms with Gasteiger partial charge in [0.15, 0.2) is 0 Å². The predicted molar refractivity (Wildman–Crippen MR) is 132 cm³/mol. The minimum atomic E-state index is -0.338. The van der Waals surface area contributed by atoms with Crippen LogP contribution in [0.15, 0.2) is 60.9 Å². The second-order valence-corrected chi connectivity index (χ2v) is 8.37. The van der Waals surface area contributed by atoms with Gasteiger partial charge in [-0.3, -0.25) is 19.3 Å². The molecule has 5 rings (SSSR count). The van der Waals surface area contributed by atoms with E-state index in [0.717, 1.165) is 21.8 Å². The maximum absolute atomic E-state index is 13.4. The number of imide groups is 1. The molecule has 1 aliphatic rings. The summed E-state index contributed by atoms with van der Waals surface area (Å²) in [6.45, 7) is 2.81. The Morgan fingerprint density at radius 2 is 1.57 bits per heavy atom. The molecule has 3 heterocycles. The van der Waals surface area contributed by atoms with Gasteiger partial charge in [-0.15, -0.1) is 0 Å². The fourth-order valence-corrected chi connectivity index (χ4v) is 4.56. The molecule has 0 bridgehead atoms. The number of esters is 1. The van der Waals surface area contributed by atoms with Crippen LogP contribution in [0.4, 0.5) is 0 Å². The van der Waals surface area contributed by atoms with Crippen molar-refractivity contribution >= 4 is 50.7 Å². The lowest BCUT2D eigenvalue weighted by atomic mass is 9.95. The molecule has 0 saturated heterocycles. The van der Waals surface area contributed by atoms with Crippen molar-refractivity contribution in [2.75, 3.05) is 26.9 Å². The van der Waals surface area contributed by atoms with Crippen molar-refractivity contribution in [2.45, 2.75) is 13.5 Å². The Hall–Kier alpha value is -4.17. The standard InChI is InChI=1S/C27H25N3O5/c1-17(31)35-14-13-34-12-11-30-16-21(19-8-4-6-10-23(19)30)25-24(26(32)29(2)27(25)33)20-15-28-22-9-5-3-7-18(20)22/h3-10,15-16,28H,11-14H2,1-2H3. The molecule has 1 N–H and O–H groups in total. The molecule has 0 spiro atoms. The number of H-pyrrole nitrogens is 1. The highest BCUT2D eigenvalue weighted by Crippen LogP contribution is 2.40. The molecule has 35 heavy (non-hydrogen) atoms. The number of nitrogens with zero attached hydrogens (tertiary/aromatic N) is 2. The van der Waals surface area contributed by atoms with Crippen LogP contribution in [0.25, 0.3) is 33.0 Å². The smallest absolute Gasteiger partial charge is 0.302 e. The van der Waals surface area contributed by atoms with E-state index < -0.39 is 0 Å². The van der Waals surface area contributed by atoms with E-state index in [2.05, 4.69) is 4.98 Å². The zero-order valence-electron chi connectivity index (χ0n) is 19.5. The van der Waals surface area contributed by atoms with Gasteiger partial charge in [0.1, 0.15) is 6.61 Å². The number of likely N-dealkylation sites (N-methyl/N-ethyl adjacent to an activating group) is 1. The Bertz CT molecular complexity index is 1490. The third kappa shape index (κ3) is 4.02. The maximum atomic E-state index is 13.4. The second-order valence-electron chi connectivity index (χ2n) is 8.37. The van der Waals surface area contributed by atoms with Gasteiger partial charge in [0.25, 0.3) is 11.8 Å². The Kier molecular flexibility index (Phi) is 5.96. The highest BCUT2D eigenvalue weighted by molar-refractivity contribution is 6.50. The number of aromatic amines is 1. The van der Waals surface area contributed by atoms with E-state index in [9.17, 15) is 14.4 Å². The summed E-state index contributed by atoms with van der Waals surface area (Å²) in [5, 5.41) is 1.78. The van der Waals surface area contributed by atoms with E-state index in [0.29, 0.717) is 42.0 Å². The SMILES string of the molecule is CC(=O)OCCOCCn1cc(C2=C(c3c[nH]c4ccccc34)C(=O)N(C)C2=O)c2ccccc21. The van der Waals surface area contributed by atoms with E-state index in [4.69, 9.17) is 9.47 Å². The van der Waals surface area contributed by atoms with Crippen LogP contribution in [0.5, 0.6) is 0 Å². The van der Waals surface area contributed by atoms with Gasteiger partial charge in [-0.25, -0.2) is 0 Å². The molecule has 0 unspecified atom stereocenters. The third-order valence-electron chi connectivity index (χ3n) is 6.21. The van der Waals surface area contributed by atoms with Crippen molar-refractivity contribution < 1.29 is 23.9 Å². The van der Waals surface area contributed by atoms with E-state index in [1.807, 2.05) is 59.3 Å². The minimum absolute atomic E-state index is 0.205. The van der Waals surface area contributed by atoms with Crippen LogP contribution in [0, 0.1) is 0 Å². The number of hydrogen-bond donors (Lipinski definition) is 1. The summed E-state index contributed by atoms with van der Waals surface area (Å²) in [7, 11) is 1.52. The summed E-state index contributed by atoms with van der Waals surface area (Å²) < 4.78 is 12.5. The Labute approximate surface area is 201 Å². The lowest BCUT2D eigenvalue weighted by Gasteiger charge is -2.07. The molecule has 0 fully saturated rings. The average Bonchev–Trinajstić information content (AvgIpc) is 3.50. The summed E-state index contributed by atoms with van der Waals surface area (Å²) in [5.41, 5.74) is 4.06. The van der Waals surface area contributed by atoms with Crippen molar-refractivity contribution in [3.63, 3.8) is 0 Å². The normalized spacial score (nSPS) is 14.1. The molecular formula is C27H25N3O5. The molecule has 8 heteroatoms. The number of ether oxygens (including phenoxy) is 2. The highest BCUT2D eigenvalue weighted by atomic mass is 16.6. The van der Waals surface area contributed by atoms with Gasteiger partial charge in [0.2, 0.25) is 0 Å². The summed E-state index contributed by atoms with van der Waals surface area (Å²) in [6, 6.07) is 15.5. The third-order valence-corrected chi connectivity index (χ3v) is 6.21. The van der Waals surface area contributed by atoms with Crippen molar-refractivity contribution in [1.82, 2.24) is 14.5 Å². The molecule has 2 aromatic carbocycles. The van der Waals surface area contributed by atoms with Gasteiger partial charge in [-0.05, 0) is 12.1 Å². The van der Waals surface area contributed by atoms with Gasteiger partial charge in [0, 0.05) is 65.8 Å². The van der Waals surface area contributed by atoms with Crippen LogP contribution in [0.2, 0.25) is 0 Å². The van der Waals surface area contributed by atoms with Gasteiger partial charge in [0.05, 0.1) is 24.4 Å². The van der Waals surface area contributed by atoms with Crippen LogP contribution < -0.4 is 0 Å². The lowest BCUT2D eigenvalue weighted by Crippen LogP contribution is -2.26. The van der Waals surface area contributed by atoms with E-state index in [1.165, 1.54) is 18.9 Å². The van der Waals surface area contributed by atoms with Gasteiger partial charge in [-0.1, -0.05) is 36.4 Å². The number of rotatable bonds is 8. The molecular weight excluding hydrogens is 446 g/mol. The monoisotopic (exact) mass is 471 g/mol. The zero-order valence-corrected chi connectivity index (χ0v) is 19.5. The Balaban J connectivity index is 1.56. The number of amides is 2. The van der Waals surface area contributed by atoms with Crippen molar-refractivity contribution in [1.29, 1.82) is 0 Å². The Morgan fingerprint density at radius 3 is 2.34 bits per heavy atom. The number of carbonyl (C=O) groups is 3. The summed E-state index contributed by atoms with van der Waals surface area (Å²) >= 11 is 0. The number of aromatic nitrogens is 2. The molecule has 0 aliphatic carbocycles. The number of benzene rings is 2. The maximum Gasteiger partial charge on any atom is 0.302 e. The average molecular weight is 472 g/mol. The Morgan fingerprint density at radius 1 is 0.886 bits per heavy atom. The highest BCUT2D eigenvalue weighted by Gasteiger charge is 2.39. The number of hydrogen-bond acceptors (Lipinski definition) is 5. The topological polar surface area (TPSA) is 93.6 Å². The molecule has 4 aromatic rings. The first-order valence-corrected chi connectivity index (χ1v) is 11.4.